The molecule has 0 saturated carbocycles. The summed E-state index contributed by atoms with van der Waals surface area (Å²) in [6.07, 6.45) is -0.453. The molecule has 0 aliphatic rings. The molecular formula is C25H29N3O4. The first-order valence-electron chi connectivity index (χ1n) is 10.5. The topological polar surface area (TPSA) is 83.0 Å². The number of hydrogen-bond acceptors (Lipinski definition) is 4. The van der Waals surface area contributed by atoms with Crippen LogP contribution in [0.15, 0.2) is 42.5 Å². The van der Waals surface area contributed by atoms with Gasteiger partial charge in [-0.15, -0.1) is 0 Å². The minimum absolute atomic E-state index is 0.281. The molecule has 0 atom stereocenters. The maximum absolute atomic E-state index is 12.7. The summed E-state index contributed by atoms with van der Waals surface area (Å²) in [5.74, 6) is -0.0216. The number of aryl methyl sites for hydroxylation is 1. The first kappa shape index (κ1) is 23.2. The Kier molecular flexibility index (Phi) is 6.79. The van der Waals surface area contributed by atoms with Gasteiger partial charge in [-0.2, -0.15) is 0 Å². The van der Waals surface area contributed by atoms with Crippen LogP contribution in [0.1, 0.15) is 35.5 Å². The molecule has 0 fully saturated rings. The van der Waals surface area contributed by atoms with Crippen molar-refractivity contribution < 1.29 is 19.5 Å². The van der Waals surface area contributed by atoms with Gasteiger partial charge in [-0.05, 0) is 43.0 Å². The van der Waals surface area contributed by atoms with Crippen LogP contribution in [0.25, 0.3) is 22.0 Å². The van der Waals surface area contributed by atoms with Crippen molar-refractivity contribution in [3.8, 4) is 11.1 Å². The Balaban J connectivity index is 2.43. The van der Waals surface area contributed by atoms with Gasteiger partial charge >= 0.3 is 6.09 Å². The standard InChI is InChI=1S/C25H29N3O4/c1-15(2)13-21-23(27(4)25(30)31)22(17-9-7-16(3)8-10-17)19-14-18(11-12-20(19)26-21)24(29)28(5)32-6/h7-12,14-15H,13H2,1-6H3,(H,30,31). The van der Waals surface area contributed by atoms with Gasteiger partial charge in [0, 0.05) is 30.6 Å². The lowest BCUT2D eigenvalue weighted by molar-refractivity contribution is -0.0756. The zero-order valence-electron chi connectivity index (χ0n) is 19.3. The molecule has 7 heteroatoms. The molecular weight excluding hydrogens is 406 g/mol. The molecule has 0 aliphatic carbocycles. The van der Waals surface area contributed by atoms with E-state index in [2.05, 4.69) is 13.8 Å². The number of hydrogen-bond donors (Lipinski definition) is 1. The molecule has 0 saturated heterocycles. The molecule has 0 bridgehead atoms. The molecule has 0 unspecified atom stereocenters. The van der Waals surface area contributed by atoms with Gasteiger partial charge in [0.25, 0.3) is 5.91 Å². The smallest absolute Gasteiger partial charge is 0.411 e. The van der Waals surface area contributed by atoms with Crippen molar-refractivity contribution in [1.82, 2.24) is 10.0 Å². The number of rotatable bonds is 6. The molecule has 168 valence electrons. The van der Waals surface area contributed by atoms with E-state index in [1.807, 2.05) is 31.2 Å². The zero-order chi connectivity index (χ0) is 23.6. The molecule has 1 heterocycles. The van der Waals surface area contributed by atoms with E-state index in [0.29, 0.717) is 34.3 Å². The van der Waals surface area contributed by atoms with Crippen molar-refractivity contribution in [2.75, 3.05) is 26.1 Å². The molecule has 2 amide bonds. The molecule has 3 aromatic rings. The monoisotopic (exact) mass is 435 g/mol. The number of carbonyl (C=O) groups is 2. The average Bonchev–Trinajstić information content (AvgIpc) is 2.76. The Labute approximate surface area is 188 Å². The van der Waals surface area contributed by atoms with E-state index < -0.39 is 6.09 Å². The van der Waals surface area contributed by atoms with E-state index in [1.54, 1.807) is 25.2 Å². The van der Waals surface area contributed by atoms with Crippen molar-refractivity contribution in [1.29, 1.82) is 0 Å². The number of carbonyl (C=O) groups excluding carboxylic acids is 1. The molecule has 2 aromatic carbocycles. The quantitative estimate of drug-likeness (QED) is 0.541. The third-order valence-corrected chi connectivity index (χ3v) is 5.40. The van der Waals surface area contributed by atoms with Gasteiger partial charge in [-0.3, -0.25) is 19.5 Å². The second-order valence-corrected chi connectivity index (χ2v) is 8.30. The van der Waals surface area contributed by atoms with E-state index in [1.165, 1.54) is 19.1 Å². The molecule has 1 N–H and O–H groups in total. The third-order valence-electron chi connectivity index (χ3n) is 5.40. The van der Waals surface area contributed by atoms with E-state index in [4.69, 9.17) is 9.82 Å². The van der Waals surface area contributed by atoms with Gasteiger partial charge in [0.15, 0.2) is 0 Å². The van der Waals surface area contributed by atoms with Crippen molar-refractivity contribution >= 4 is 28.6 Å². The predicted molar refractivity (Wildman–Crippen MR) is 126 cm³/mol. The summed E-state index contributed by atoms with van der Waals surface area (Å²) in [6.45, 7) is 6.15. The van der Waals surface area contributed by atoms with Crippen LogP contribution in [-0.2, 0) is 11.3 Å². The third kappa shape index (κ3) is 4.57. The number of carboxylic acid groups (broad SMARTS) is 1. The largest absolute Gasteiger partial charge is 0.465 e. The highest BCUT2D eigenvalue weighted by Gasteiger charge is 2.24. The molecule has 32 heavy (non-hydrogen) atoms. The fraction of sp³-hybridized carbons (Fsp3) is 0.320. The first-order valence-corrected chi connectivity index (χ1v) is 10.5. The summed E-state index contributed by atoms with van der Waals surface area (Å²) in [7, 11) is 4.50. The van der Waals surface area contributed by atoms with E-state index in [-0.39, 0.29) is 11.8 Å². The van der Waals surface area contributed by atoms with Crippen LogP contribution >= 0.6 is 0 Å². The Morgan fingerprint density at radius 3 is 2.31 bits per heavy atom. The van der Waals surface area contributed by atoms with Gasteiger partial charge in [-0.25, -0.2) is 9.86 Å². The number of benzene rings is 2. The lowest BCUT2D eigenvalue weighted by Gasteiger charge is -2.24. The van der Waals surface area contributed by atoms with Crippen molar-refractivity contribution in [2.45, 2.75) is 27.2 Å². The SMILES string of the molecule is CON(C)C(=O)c1ccc2nc(CC(C)C)c(N(C)C(=O)O)c(-c3ccc(C)cc3)c2c1. The van der Waals surface area contributed by atoms with Gasteiger partial charge in [0.05, 0.1) is 24.0 Å². The number of pyridine rings is 1. The van der Waals surface area contributed by atoms with Crippen LogP contribution < -0.4 is 4.90 Å². The Hall–Kier alpha value is -3.45. The van der Waals surface area contributed by atoms with E-state index >= 15 is 0 Å². The number of hydroxylamine groups is 2. The Morgan fingerprint density at radius 2 is 1.75 bits per heavy atom. The maximum Gasteiger partial charge on any atom is 0.411 e. The maximum atomic E-state index is 12.7. The molecule has 0 radical (unpaired) electrons. The summed E-state index contributed by atoms with van der Waals surface area (Å²) in [5, 5.41) is 11.7. The summed E-state index contributed by atoms with van der Waals surface area (Å²) in [4.78, 5) is 35.9. The zero-order valence-corrected chi connectivity index (χ0v) is 19.3. The van der Waals surface area contributed by atoms with Gasteiger partial charge in [-0.1, -0.05) is 43.7 Å². The van der Waals surface area contributed by atoms with Crippen LogP contribution in [0.2, 0.25) is 0 Å². The highest BCUT2D eigenvalue weighted by molar-refractivity contribution is 6.08. The first-order chi connectivity index (χ1) is 15.1. The minimum Gasteiger partial charge on any atom is -0.465 e. The van der Waals surface area contributed by atoms with Crippen molar-refractivity contribution in [2.24, 2.45) is 5.92 Å². The lowest BCUT2D eigenvalue weighted by Crippen LogP contribution is -2.27. The summed E-state index contributed by atoms with van der Waals surface area (Å²) in [6, 6.07) is 13.2. The second kappa shape index (κ2) is 9.36. The summed E-state index contributed by atoms with van der Waals surface area (Å²) < 4.78 is 0. The minimum atomic E-state index is -1.07. The van der Waals surface area contributed by atoms with E-state index in [9.17, 15) is 14.7 Å². The summed E-state index contributed by atoms with van der Waals surface area (Å²) in [5.41, 5.74) is 5.08. The van der Waals surface area contributed by atoms with Crippen LogP contribution in [0.4, 0.5) is 10.5 Å². The highest BCUT2D eigenvalue weighted by Crippen LogP contribution is 2.40. The number of aromatic nitrogens is 1. The van der Waals surface area contributed by atoms with Crippen molar-refractivity contribution in [3.05, 3.63) is 59.3 Å². The Bertz CT molecular complexity index is 1160. The van der Waals surface area contributed by atoms with Crippen LogP contribution in [-0.4, -0.2) is 48.4 Å². The fourth-order valence-corrected chi connectivity index (χ4v) is 3.70. The normalized spacial score (nSPS) is 11.1. The van der Waals surface area contributed by atoms with Crippen molar-refractivity contribution in [3.63, 3.8) is 0 Å². The number of fused-ring (bicyclic) bond motifs is 1. The summed E-state index contributed by atoms with van der Waals surface area (Å²) >= 11 is 0. The van der Waals surface area contributed by atoms with Crippen LogP contribution in [0.3, 0.4) is 0 Å². The predicted octanol–water partition coefficient (Wildman–Crippen LogP) is 5.16. The molecule has 0 spiro atoms. The number of nitrogens with zero attached hydrogens (tertiary/aromatic N) is 3. The van der Waals surface area contributed by atoms with E-state index in [0.717, 1.165) is 21.8 Å². The van der Waals surface area contributed by atoms with Gasteiger partial charge in [0.1, 0.15) is 0 Å². The lowest BCUT2D eigenvalue weighted by atomic mass is 9.93. The van der Waals surface area contributed by atoms with Crippen LogP contribution in [0.5, 0.6) is 0 Å². The molecule has 0 aliphatic heterocycles. The Morgan fingerprint density at radius 1 is 1.09 bits per heavy atom. The van der Waals surface area contributed by atoms with Crippen LogP contribution in [0, 0.1) is 12.8 Å². The second-order valence-electron chi connectivity index (χ2n) is 8.30. The molecule has 1 aromatic heterocycles. The average molecular weight is 436 g/mol. The number of anilines is 1. The number of amides is 2. The highest BCUT2D eigenvalue weighted by atomic mass is 16.7. The molecule has 3 rings (SSSR count). The fourth-order valence-electron chi connectivity index (χ4n) is 3.70. The van der Waals surface area contributed by atoms with Gasteiger partial charge < -0.3 is 5.11 Å². The molecule has 7 nitrogen and oxygen atoms in total. The van der Waals surface area contributed by atoms with Gasteiger partial charge in [0.2, 0.25) is 0 Å².